The van der Waals surface area contributed by atoms with E-state index in [0.29, 0.717) is 0 Å². The van der Waals surface area contributed by atoms with Crippen molar-refractivity contribution in [3.63, 3.8) is 0 Å². The summed E-state index contributed by atoms with van der Waals surface area (Å²) in [5.41, 5.74) is 0. The minimum absolute atomic E-state index is 0.783. The van der Waals surface area contributed by atoms with E-state index in [1.165, 1.54) is 32.1 Å². The molecule has 0 amide bonds. The largest absolute Gasteiger partial charge is 0.310 e. The van der Waals surface area contributed by atoms with Gasteiger partial charge in [-0.05, 0) is 31.2 Å². The molecule has 0 atom stereocenters. The number of nitrogens with zero attached hydrogens (tertiary/aromatic N) is 1. The van der Waals surface area contributed by atoms with E-state index in [2.05, 4.69) is 17.2 Å². The van der Waals surface area contributed by atoms with Crippen LogP contribution in [0.4, 0.5) is 0 Å². The maximum absolute atomic E-state index is 5.85. The molecule has 1 aromatic heterocycles. The molecule has 1 saturated carbocycles. The highest BCUT2D eigenvalue weighted by atomic mass is 35.5. The first-order valence-corrected chi connectivity index (χ1v) is 7.78. The molecule has 0 bridgehead atoms. The zero-order valence-corrected chi connectivity index (χ0v) is 12.0. The van der Waals surface area contributed by atoms with Gasteiger partial charge in [-0.2, -0.15) is 0 Å². The zero-order valence-electron chi connectivity index (χ0n) is 10.4. The molecule has 1 aliphatic carbocycles. The second-order valence-electron chi connectivity index (χ2n) is 4.98. The van der Waals surface area contributed by atoms with Crippen molar-refractivity contribution in [3.05, 3.63) is 15.5 Å². The predicted octanol–water partition coefficient (Wildman–Crippen LogP) is 4.10. The average Bonchev–Trinajstić information content (AvgIpc) is 2.76. The van der Waals surface area contributed by atoms with Crippen molar-refractivity contribution in [2.45, 2.75) is 45.6 Å². The van der Waals surface area contributed by atoms with E-state index in [4.69, 9.17) is 11.6 Å². The summed E-state index contributed by atoms with van der Waals surface area (Å²) in [5.74, 6) is 1.86. The van der Waals surface area contributed by atoms with E-state index in [1.54, 1.807) is 17.5 Å². The van der Waals surface area contributed by atoms with Crippen molar-refractivity contribution >= 4 is 22.9 Å². The van der Waals surface area contributed by atoms with Crippen molar-refractivity contribution in [2.75, 3.05) is 6.54 Å². The molecular formula is C13H21ClN2S. The van der Waals surface area contributed by atoms with Crippen LogP contribution >= 0.6 is 22.9 Å². The molecule has 2 nitrogen and oxygen atoms in total. The highest BCUT2D eigenvalue weighted by molar-refractivity contribution is 7.15. The van der Waals surface area contributed by atoms with Gasteiger partial charge in [0.05, 0.1) is 6.20 Å². The Balaban J connectivity index is 1.63. The van der Waals surface area contributed by atoms with Crippen LogP contribution in [0.1, 0.15) is 44.0 Å². The van der Waals surface area contributed by atoms with Crippen LogP contribution in [0.25, 0.3) is 0 Å². The van der Waals surface area contributed by atoms with Gasteiger partial charge in [0.25, 0.3) is 0 Å². The molecule has 0 aromatic carbocycles. The molecule has 1 aromatic rings. The molecule has 2 rings (SSSR count). The molecule has 0 spiro atoms. The number of hydrogen-bond donors (Lipinski definition) is 1. The molecule has 1 fully saturated rings. The Kier molecular flexibility index (Phi) is 5.26. The molecular weight excluding hydrogens is 252 g/mol. The average molecular weight is 273 g/mol. The number of thiazole rings is 1. The highest BCUT2D eigenvalue weighted by Crippen LogP contribution is 2.30. The number of halogens is 1. The van der Waals surface area contributed by atoms with Gasteiger partial charge >= 0.3 is 0 Å². The third-order valence-corrected chi connectivity index (χ3v) is 4.89. The van der Waals surface area contributed by atoms with Crippen molar-refractivity contribution in [1.82, 2.24) is 10.3 Å². The maximum atomic E-state index is 5.85. The third-order valence-electron chi connectivity index (χ3n) is 3.78. The number of rotatable bonds is 5. The van der Waals surface area contributed by atoms with Crippen molar-refractivity contribution < 1.29 is 0 Å². The Morgan fingerprint density at radius 3 is 2.65 bits per heavy atom. The highest BCUT2D eigenvalue weighted by Gasteiger charge is 2.19. The predicted molar refractivity (Wildman–Crippen MR) is 74.6 cm³/mol. The fourth-order valence-corrected chi connectivity index (χ4v) is 3.52. The van der Waals surface area contributed by atoms with Gasteiger partial charge in [0.1, 0.15) is 9.34 Å². The van der Waals surface area contributed by atoms with Crippen LogP contribution < -0.4 is 5.32 Å². The van der Waals surface area contributed by atoms with E-state index < -0.39 is 0 Å². The second kappa shape index (κ2) is 6.72. The topological polar surface area (TPSA) is 24.9 Å². The van der Waals surface area contributed by atoms with E-state index in [1.807, 2.05) is 0 Å². The summed E-state index contributed by atoms with van der Waals surface area (Å²) in [6, 6.07) is 0. The van der Waals surface area contributed by atoms with E-state index in [9.17, 15) is 0 Å². The van der Waals surface area contributed by atoms with Crippen molar-refractivity contribution in [3.8, 4) is 0 Å². The van der Waals surface area contributed by atoms with Crippen LogP contribution in [0.2, 0.25) is 4.34 Å². The molecule has 96 valence electrons. The van der Waals surface area contributed by atoms with Gasteiger partial charge in [0.2, 0.25) is 0 Å². The number of aromatic nitrogens is 1. The van der Waals surface area contributed by atoms with Crippen LogP contribution in [0, 0.1) is 11.8 Å². The minimum Gasteiger partial charge on any atom is -0.310 e. The lowest BCUT2D eigenvalue weighted by molar-refractivity contribution is 0.262. The van der Waals surface area contributed by atoms with Gasteiger partial charge in [-0.1, -0.05) is 37.8 Å². The molecule has 4 heteroatoms. The van der Waals surface area contributed by atoms with Crippen LogP contribution in [0.15, 0.2) is 6.20 Å². The summed E-state index contributed by atoms with van der Waals surface area (Å²) >= 11 is 7.42. The molecule has 0 aliphatic heterocycles. The van der Waals surface area contributed by atoms with E-state index in [0.717, 1.165) is 34.3 Å². The first kappa shape index (κ1) is 13.3. The molecule has 17 heavy (non-hydrogen) atoms. The lowest BCUT2D eigenvalue weighted by Crippen LogP contribution is -2.26. The van der Waals surface area contributed by atoms with Crippen LogP contribution in [-0.4, -0.2) is 11.5 Å². The number of nitrogens with one attached hydrogen (secondary N) is 1. The smallest absolute Gasteiger partial charge is 0.113 e. The first-order chi connectivity index (χ1) is 8.28. The van der Waals surface area contributed by atoms with Gasteiger partial charge in [-0.15, -0.1) is 11.3 Å². The van der Waals surface area contributed by atoms with Gasteiger partial charge < -0.3 is 5.32 Å². The summed E-state index contributed by atoms with van der Waals surface area (Å²) in [6.07, 6.45) is 8.72. The Bertz CT molecular complexity index is 332. The Morgan fingerprint density at radius 1 is 1.35 bits per heavy atom. The minimum atomic E-state index is 0.783. The van der Waals surface area contributed by atoms with Gasteiger partial charge in [0, 0.05) is 6.54 Å². The van der Waals surface area contributed by atoms with Crippen LogP contribution in [0.5, 0.6) is 0 Å². The first-order valence-electron chi connectivity index (χ1n) is 6.58. The Labute approximate surface area is 113 Å². The summed E-state index contributed by atoms with van der Waals surface area (Å²) < 4.78 is 0.783. The van der Waals surface area contributed by atoms with Crippen LogP contribution in [-0.2, 0) is 6.54 Å². The SMILES string of the molecule is CCC1CCC(CNCc2ncc(Cl)s2)CC1. The summed E-state index contributed by atoms with van der Waals surface area (Å²) in [5, 5.41) is 4.60. The van der Waals surface area contributed by atoms with Crippen molar-refractivity contribution in [1.29, 1.82) is 0 Å². The lowest BCUT2D eigenvalue weighted by atomic mass is 9.81. The molecule has 1 heterocycles. The summed E-state index contributed by atoms with van der Waals surface area (Å²) in [7, 11) is 0. The van der Waals surface area contributed by atoms with E-state index >= 15 is 0 Å². The summed E-state index contributed by atoms with van der Waals surface area (Å²) in [6.45, 7) is 4.31. The monoisotopic (exact) mass is 272 g/mol. The van der Waals surface area contributed by atoms with Crippen molar-refractivity contribution in [2.24, 2.45) is 11.8 Å². The van der Waals surface area contributed by atoms with Gasteiger partial charge in [-0.3, -0.25) is 0 Å². The molecule has 0 saturated heterocycles. The Hall–Kier alpha value is -0.120. The maximum Gasteiger partial charge on any atom is 0.113 e. The Morgan fingerprint density at radius 2 is 2.06 bits per heavy atom. The quantitative estimate of drug-likeness (QED) is 0.873. The van der Waals surface area contributed by atoms with Gasteiger partial charge in [-0.25, -0.2) is 4.98 Å². The zero-order chi connectivity index (χ0) is 12.1. The molecule has 0 radical (unpaired) electrons. The van der Waals surface area contributed by atoms with E-state index in [-0.39, 0.29) is 0 Å². The second-order valence-corrected chi connectivity index (χ2v) is 6.73. The normalized spacial score (nSPS) is 25.1. The third kappa shape index (κ3) is 4.23. The fourth-order valence-electron chi connectivity index (χ4n) is 2.60. The lowest BCUT2D eigenvalue weighted by Gasteiger charge is -2.27. The molecule has 0 unspecified atom stereocenters. The molecule has 1 aliphatic rings. The standard InChI is InChI=1S/C13H21ClN2S/c1-2-10-3-5-11(6-4-10)7-15-9-13-16-8-12(14)17-13/h8,10-11,15H,2-7,9H2,1H3. The number of hydrogen-bond acceptors (Lipinski definition) is 3. The van der Waals surface area contributed by atoms with Gasteiger partial charge in [0.15, 0.2) is 0 Å². The van der Waals surface area contributed by atoms with Crippen LogP contribution in [0.3, 0.4) is 0 Å². The summed E-state index contributed by atoms with van der Waals surface area (Å²) in [4.78, 5) is 4.25. The fraction of sp³-hybridized carbons (Fsp3) is 0.769. The molecule has 1 N–H and O–H groups in total.